The molecule has 1 aliphatic rings. The molecule has 3 aromatic rings. The van der Waals surface area contributed by atoms with Gasteiger partial charge in [0, 0.05) is 11.3 Å². The van der Waals surface area contributed by atoms with Gasteiger partial charge in [0.05, 0.1) is 43.2 Å². The van der Waals surface area contributed by atoms with Gasteiger partial charge in [0.1, 0.15) is 12.4 Å². The molecule has 0 radical (unpaired) electrons. The van der Waals surface area contributed by atoms with E-state index in [9.17, 15) is 14.4 Å². The summed E-state index contributed by atoms with van der Waals surface area (Å²) in [4.78, 5) is 37.3. The van der Waals surface area contributed by atoms with Crippen LogP contribution < -0.4 is 30.3 Å². The van der Waals surface area contributed by atoms with Crippen LogP contribution >= 0.6 is 12.2 Å². The molecule has 1 heterocycles. The maximum Gasteiger partial charge on any atom is 0.338 e. The second-order valence-corrected chi connectivity index (χ2v) is 10.7. The van der Waals surface area contributed by atoms with E-state index in [0.29, 0.717) is 63.5 Å². The highest BCUT2D eigenvalue weighted by molar-refractivity contribution is 7.80. The highest BCUT2D eigenvalue weighted by atomic mass is 32.1. The molecule has 1 aliphatic heterocycles. The second-order valence-electron chi connectivity index (χ2n) is 10.3. The number of nitrogens with one attached hydrogen (secondary N) is 3. The summed E-state index contributed by atoms with van der Waals surface area (Å²) in [7, 11) is 0. The summed E-state index contributed by atoms with van der Waals surface area (Å²) in [6.07, 6.45) is 1.48. The number of hydrazone groups is 1. The molecule has 0 unspecified atom stereocenters. The lowest BCUT2D eigenvalue weighted by Gasteiger charge is -2.30. The minimum atomic E-state index is -0.640. The molecule has 0 bridgehead atoms. The standard InChI is InChI=1S/C35H38N4O8S/c1-5-43-29-18-24(14-17-28(29)46-20-23-12-15-25(16-13-23)33(41)44-6-2)19-36-39-30(40)21-47-27-11-9-8-10-26(27)32-31(34(42)45-7-3)22(4)37-35(48)38-32/h8-19,32H,5-7,20-21H2,1-4H3,(H,39,40)(H2,37,38,48)/t32-/m1/s1. The number of ether oxygens (including phenoxy) is 5. The van der Waals surface area contributed by atoms with E-state index in [0.717, 1.165) is 5.56 Å². The first kappa shape index (κ1) is 35.4. The van der Waals surface area contributed by atoms with Crippen LogP contribution in [0.25, 0.3) is 0 Å². The molecule has 0 fully saturated rings. The van der Waals surface area contributed by atoms with Gasteiger partial charge in [0.2, 0.25) is 0 Å². The van der Waals surface area contributed by atoms with Crippen LogP contribution in [0.4, 0.5) is 0 Å². The molecule has 1 amide bonds. The van der Waals surface area contributed by atoms with E-state index in [4.69, 9.17) is 35.9 Å². The molecule has 1 atom stereocenters. The van der Waals surface area contributed by atoms with E-state index in [-0.39, 0.29) is 25.8 Å². The van der Waals surface area contributed by atoms with Gasteiger partial charge in [0.15, 0.2) is 23.2 Å². The van der Waals surface area contributed by atoms with Crippen molar-refractivity contribution in [2.75, 3.05) is 26.4 Å². The third-order valence-electron chi connectivity index (χ3n) is 6.88. The highest BCUT2D eigenvalue weighted by Crippen LogP contribution is 2.34. The van der Waals surface area contributed by atoms with Crippen LogP contribution in [0, 0.1) is 0 Å². The molecule has 0 aromatic heterocycles. The van der Waals surface area contributed by atoms with Crippen molar-refractivity contribution >= 4 is 41.4 Å². The van der Waals surface area contributed by atoms with Gasteiger partial charge >= 0.3 is 11.9 Å². The maximum atomic E-state index is 12.8. The monoisotopic (exact) mass is 674 g/mol. The number of carbonyl (C=O) groups excluding carboxylic acids is 3. The molecule has 0 saturated heterocycles. The summed E-state index contributed by atoms with van der Waals surface area (Å²) >= 11 is 5.33. The Morgan fingerprint density at radius 2 is 1.58 bits per heavy atom. The van der Waals surface area contributed by atoms with Crippen molar-refractivity contribution < 1.29 is 38.1 Å². The predicted molar refractivity (Wildman–Crippen MR) is 183 cm³/mol. The van der Waals surface area contributed by atoms with Crippen LogP contribution in [-0.4, -0.2) is 55.6 Å². The molecule has 13 heteroatoms. The van der Waals surface area contributed by atoms with Crippen molar-refractivity contribution in [1.29, 1.82) is 0 Å². The summed E-state index contributed by atoms with van der Waals surface area (Å²) in [5.41, 5.74) is 6.01. The van der Waals surface area contributed by atoms with E-state index in [1.165, 1.54) is 6.21 Å². The minimum absolute atomic E-state index is 0.215. The normalized spacial score (nSPS) is 14.1. The topological polar surface area (TPSA) is 146 Å². The van der Waals surface area contributed by atoms with Gasteiger partial charge in [-0.25, -0.2) is 15.0 Å². The zero-order chi connectivity index (χ0) is 34.5. The summed E-state index contributed by atoms with van der Waals surface area (Å²) in [6, 6.07) is 18.7. The molecule has 0 spiro atoms. The molecule has 3 N–H and O–H groups in total. The smallest absolute Gasteiger partial charge is 0.338 e. The van der Waals surface area contributed by atoms with Gasteiger partial charge in [-0.15, -0.1) is 0 Å². The van der Waals surface area contributed by atoms with Gasteiger partial charge < -0.3 is 34.3 Å². The number of amides is 1. The minimum Gasteiger partial charge on any atom is -0.490 e. The van der Waals surface area contributed by atoms with Crippen molar-refractivity contribution in [1.82, 2.24) is 16.1 Å². The molecule has 48 heavy (non-hydrogen) atoms. The summed E-state index contributed by atoms with van der Waals surface area (Å²) in [6.45, 7) is 7.97. The van der Waals surface area contributed by atoms with Crippen LogP contribution in [0.1, 0.15) is 60.8 Å². The Bertz CT molecular complexity index is 1690. The molecule has 4 rings (SSSR count). The number of esters is 2. The first-order valence-electron chi connectivity index (χ1n) is 15.4. The van der Waals surface area contributed by atoms with Crippen molar-refractivity contribution in [3.05, 3.63) is 100 Å². The van der Waals surface area contributed by atoms with Crippen LogP contribution in [-0.2, 0) is 25.7 Å². The maximum absolute atomic E-state index is 12.8. The van der Waals surface area contributed by atoms with Crippen LogP contribution in [0.5, 0.6) is 17.2 Å². The van der Waals surface area contributed by atoms with E-state index in [1.807, 2.05) is 6.92 Å². The first-order chi connectivity index (χ1) is 23.2. The Kier molecular flexibility index (Phi) is 12.9. The number of rotatable bonds is 15. The molecular formula is C35H38N4O8S. The van der Waals surface area contributed by atoms with Crippen molar-refractivity contribution in [3.63, 3.8) is 0 Å². The average molecular weight is 675 g/mol. The van der Waals surface area contributed by atoms with Gasteiger partial charge in [-0.3, -0.25) is 4.79 Å². The number of allylic oxidation sites excluding steroid dienone is 1. The lowest BCUT2D eigenvalue weighted by atomic mass is 9.95. The van der Waals surface area contributed by atoms with Crippen LogP contribution in [0.15, 0.2) is 83.1 Å². The summed E-state index contributed by atoms with van der Waals surface area (Å²) in [5, 5.41) is 10.5. The molecule has 3 aromatic carbocycles. The Labute approximate surface area is 284 Å². The largest absolute Gasteiger partial charge is 0.490 e. The lowest BCUT2D eigenvalue weighted by Crippen LogP contribution is -2.45. The summed E-state index contributed by atoms with van der Waals surface area (Å²) < 4.78 is 27.9. The third kappa shape index (κ3) is 9.55. The van der Waals surface area contributed by atoms with Crippen LogP contribution in [0.3, 0.4) is 0 Å². The fourth-order valence-electron chi connectivity index (χ4n) is 4.72. The number of hydrogen-bond donors (Lipinski definition) is 3. The number of thiocarbonyl (C=S) groups is 1. The van der Waals surface area contributed by atoms with Gasteiger partial charge in [-0.1, -0.05) is 30.3 Å². The molecule has 0 saturated carbocycles. The Balaban J connectivity index is 1.36. The number of carbonyl (C=O) groups is 3. The average Bonchev–Trinajstić information content (AvgIpc) is 3.07. The first-order valence-corrected chi connectivity index (χ1v) is 15.8. The molecule has 252 valence electrons. The predicted octanol–water partition coefficient (Wildman–Crippen LogP) is 4.73. The van der Waals surface area contributed by atoms with Crippen LogP contribution in [0.2, 0.25) is 0 Å². The van der Waals surface area contributed by atoms with Gasteiger partial charge in [0.25, 0.3) is 5.91 Å². The highest BCUT2D eigenvalue weighted by Gasteiger charge is 2.32. The Hall–Kier alpha value is -5.43. The van der Waals surface area contributed by atoms with Crippen molar-refractivity contribution in [2.45, 2.75) is 40.3 Å². The Morgan fingerprint density at radius 1 is 0.854 bits per heavy atom. The van der Waals surface area contributed by atoms with E-state index < -0.39 is 17.9 Å². The number of benzene rings is 3. The van der Waals surface area contributed by atoms with E-state index >= 15 is 0 Å². The molecular weight excluding hydrogens is 636 g/mol. The fraction of sp³-hybridized carbons (Fsp3) is 0.286. The number of nitrogens with zero attached hydrogens (tertiary/aromatic N) is 1. The Morgan fingerprint density at radius 3 is 2.31 bits per heavy atom. The SMILES string of the molecule is CCOC(=O)C1=C(C)NC(=S)N[C@@H]1c1ccccc1OCC(=O)NN=Cc1ccc(OCc2ccc(C(=O)OCC)cc2)c(OCC)c1. The summed E-state index contributed by atoms with van der Waals surface area (Å²) in [5.74, 6) is 0.0716. The zero-order valence-electron chi connectivity index (χ0n) is 27.2. The third-order valence-corrected chi connectivity index (χ3v) is 7.10. The van der Waals surface area contributed by atoms with Crippen molar-refractivity contribution in [3.8, 4) is 17.2 Å². The number of para-hydroxylation sites is 1. The van der Waals surface area contributed by atoms with Gasteiger partial charge in [-0.05, 0) is 87.4 Å². The fourth-order valence-corrected chi connectivity index (χ4v) is 4.99. The second kappa shape index (κ2) is 17.5. The lowest BCUT2D eigenvalue weighted by molar-refractivity contribution is -0.139. The van der Waals surface area contributed by atoms with Crippen molar-refractivity contribution in [2.24, 2.45) is 5.10 Å². The van der Waals surface area contributed by atoms with E-state index in [2.05, 4.69) is 21.2 Å². The zero-order valence-corrected chi connectivity index (χ0v) is 28.0. The molecule has 12 nitrogen and oxygen atoms in total. The number of hydrogen-bond acceptors (Lipinski definition) is 10. The van der Waals surface area contributed by atoms with E-state index in [1.54, 1.807) is 87.5 Å². The van der Waals surface area contributed by atoms with Gasteiger partial charge in [-0.2, -0.15) is 5.10 Å². The quantitative estimate of drug-likeness (QED) is 0.0891. The molecule has 0 aliphatic carbocycles.